The second-order valence-corrected chi connectivity index (χ2v) is 18.1. The van der Waals surface area contributed by atoms with Gasteiger partial charge in [-0.15, -0.1) is 25.3 Å². The molecule has 8 heteroatoms. The normalized spacial score (nSPS) is 51.9. The fourth-order valence-electron chi connectivity index (χ4n) is 11.0. The van der Waals surface area contributed by atoms with Crippen LogP contribution in [-0.2, 0) is 9.53 Å². The second kappa shape index (κ2) is 9.37. The van der Waals surface area contributed by atoms with Crippen molar-refractivity contribution in [2.45, 2.75) is 122 Å². The average molecular weight is 597 g/mol. The van der Waals surface area contributed by atoms with Gasteiger partial charge in [-0.05, 0) is 91.8 Å². The van der Waals surface area contributed by atoms with Crippen molar-refractivity contribution in [3.63, 3.8) is 0 Å². The van der Waals surface area contributed by atoms with Crippen LogP contribution in [0.25, 0.3) is 0 Å². The number of hydrogen-bond donors (Lipinski definition) is 6. The molecule has 0 aromatic heterocycles. The summed E-state index contributed by atoms with van der Waals surface area (Å²) in [6.45, 7) is 14.7. The number of ether oxygens (including phenoxy) is 1. The Balaban J connectivity index is 1.62. The molecule has 11 atom stereocenters. The maximum absolute atomic E-state index is 13.9. The number of carbonyl (C=O) groups excluding carboxylic acids is 1. The zero-order valence-corrected chi connectivity index (χ0v) is 27.2. The van der Waals surface area contributed by atoms with E-state index in [1.807, 2.05) is 6.92 Å². The zero-order valence-electron chi connectivity index (χ0n) is 25.4. The lowest BCUT2D eigenvalue weighted by molar-refractivity contribution is -0.246. The third-order valence-electron chi connectivity index (χ3n) is 13.6. The molecule has 0 spiro atoms. The van der Waals surface area contributed by atoms with Gasteiger partial charge in [-0.2, -0.15) is 0 Å². The van der Waals surface area contributed by atoms with E-state index in [4.69, 9.17) is 4.74 Å². The largest absolute Gasteiger partial charge is 0.439 e. The number of allylic oxidation sites excluding steroid dienone is 1. The van der Waals surface area contributed by atoms with Crippen molar-refractivity contribution in [2.75, 3.05) is 6.61 Å². The van der Waals surface area contributed by atoms with E-state index in [1.54, 1.807) is 6.92 Å². The van der Waals surface area contributed by atoms with Crippen molar-refractivity contribution >= 4 is 31.2 Å². The molecule has 0 aromatic carbocycles. The van der Waals surface area contributed by atoms with Gasteiger partial charge in [0.1, 0.15) is 0 Å². The molecule has 5 aliphatic rings. The molecule has 0 aromatic rings. The van der Waals surface area contributed by atoms with Crippen molar-refractivity contribution in [3.8, 4) is 0 Å². The van der Waals surface area contributed by atoms with Crippen LogP contribution in [0.3, 0.4) is 0 Å². The van der Waals surface area contributed by atoms with Gasteiger partial charge in [0.2, 0.25) is 0 Å². The van der Waals surface area contributed by atoms with Gasteiger partial charge in [0.25, 0.3) is 0 Å². The van der Waals surface area contributed by atoms with E-state index in [9.17, 15) is 25.2 Å². The van der Waals surface area contributed by atoms with Crippen molar-refractivity contribution in [2.24, 2.45) is 50.2 Å². The Hall–Kier alpha value is -0.250. The monoisotopic (exact) mass is 596 g/mol. The van der Waals surface area contributed by atoms with Crippen LogP contribution in [0.15, 0.2) is 11.6 Å². The smallest absolute Gasteiger partial charge is 0.314 e. The maximum atomic E-state index is 13.9. The van der Waals surface area contributed by atoms with Crippen molar-refractivity contribution in [3.05, 3.63) is 11.6 Å². The van der Waals surface area contributed by atoms with Crippen molar-refractivity contribution in [1.29, 1.82) is 0 Å². The first-order valence-electron chi connectivity index (χ1n) is 15.3. The van der Waals surface area contributed by atoms with Crippen LogP contribution in [0.5, 0.6) is 0 Å². The Morgan fingerprint density at radius 3 is 2.20 bits per heavy atom. The third-order valence-corrected chi connectivity index (χ3v) is 13.8. The molecule has 228 valence electrons. The van der Waals surface area contributed by atoms with Crippen LogP contribution in [-0.4, -0.2) is 55.6 Å². The summed E-state index contributed by atoms with van der Waals surface area (Å²) in [5.41, 5.74) is -1.40. The van der Waals surface area contributed by atoms with E-state index in [-0.39, 0.29) is 52.0 Å². The summed E-state index contributed by atoms with van der Waals surface area (Å²) in [6, 6.07) is 0. The number of carbonyl (C=O) groups is 1. The van der Waals surface area contributed by atoms with E-state index in [2.05, 4.69) is 66.0 Å². The molecule has 4 fully saturated rings. The molecule has 0 radical (unpaired) electrons. The lowest BCUT2D eigenvalue weighted by atomic mass is 9.33. The van der Waals surface area contributed by atoms with Crippen LogP contribution >= 0.6 is 25.3 Å². The quantitative estimate of drug-likeness (QED) is 0.117. The van der Waals surface area contributed by atoms with Crippen LogP contribution in [0, 0.1) is 50.2 Å². The van der Waals surface area contributed by atoms with Gasteiger partial charge in [-0.3, -0.25) is 4.79 Å². The number of thiol groups is 2. The molecular weight excluding hydrogens is 544 g/mol. The van der Waals surface area contributed by atoms with Gasteiger partial charge in [0, 0.05) is 11.3 Å². The lowest BCUT2D eigenvalue weighted by Gasteiger charge is -2.71. The highest BCUT2D eigenvalue weighted by Crippen LogP contribution is 2.75. The van der Waals surface area contributed by atoms with E-state index in [0.29, 0.717) is 19.3 Å². The molecule has 40 heavy (non-hydrogen) atoms. The summed E-state index contributed by atoms with van der Waals surface area (Å²) in [5, 5.41) is 44.6. The molecule has 0 heterocycles. The number of aliphatic hydroxyl groups is 4. The van der Waals surface area contributed by atoms with Gasteiger partial charge in [-0.1, -0.05) is 53.2 Å². The summed E-state index contributed by atoms with van der Waals surface area (Å²) < 4.78 is 4.62. The second-order valence-electron chi connectivity index (χ2n) is 16.1. The topological polar surface area (TPSA) is 107 Å². The highest BCUT2D eigenvalue weighted by molar-refractivity contribution is 8.00. The Kier molecular flexibility index (Phi) is 7.31. The first kappa shape index (κ1) is 31.2. The predicted octanol–water partition coefficient (Wildman–Crippen LogP) is 5.14. The number of fused-ring (bicyclic) bond motifs is 7. The molecule has 0 aliphatic heterocycles. The lowest BCUT2D eigenvalue weighted by Crippen LogP contribution is -2.69. The van der Waals surface area contributed by atoms with E-state index in [1.165, 1.54) is 5.57 Å². The zero-order chi connectivity index (χ0) is 29.9. The summed E-state index contributed by atoms with van der Waals surface area (Å²) in [4.78, 5) is 13.9. The minimum absolute atomic E-state index is 0.0836. The SMILES string of the molecule is CC(S)(S)OC(=O)C12CCC(C)(C)C(O)C1C1=CCC3C4(C)CC(O)C(O)C(C)(CO)C4CCC3(C)C1(C)CC2. The highest BCUT2D eigenvalue weighted by atomic mass is 32.2. The number of hydrogen-bond acceptors (Lipinski definition) is 8. The molecule has 4 saturated carbocycles. The maximum Gasteiger partial charge on any atom is 0.314 e. The molecule has 5 rings (SSSR count). The summed E-state index contributed by atoms with van der Waals surface area (Å²) >= 11 is 8.77. The van der Waals surface area contributed by atoms with Gasteiger partial charge in [0.15, 0.2) is 4.27 Å². The number of esters is 1. The van der Waals surface area contributed by atoms with Gasteiger partial charge in [-0.25, -0.2) is 0 Å². The minimum Gasteiger partial charge on any atom is -0.439 e. The van der Waals surface area contributed by atoms with Crippen LogP contribution in [0.1, 0.15) is 99.8 Å². The molecule has 0 bridgehead atoms. The van der Waals surface area contributed by atoms with Gasteiger partial charge >= 0.3 is 5.97 Å². The molecule has 4 N–H and O–H groups in total. The fraction of sp³-hybridized carbons (Fsp3) is 0.906. The van der Waals surface area contributed by atoms with E-state index in [0.717, 1.165) is 32.1 Å². The summed E-state index contributed by atoms with van der Waals surface area (Å²) in [5.74, 6) is -0.350. The first-order valence-corrected chi connectivity index (χ1v) is 16.2. The average Bonchev–Trinajstić information content (AvgIpc) is 2.84. The van der Waals surface area contributed by atoms with Gasteiger partial charge < -0.3 is 25.2 Å². The minimum atomic E-state index is -1.20. The molecular formula is C32H52O6S2. The Morgan fingerprint density at radius 1 is 0.975 bits per heavy atom. The number of aliphatic hydroxyl groups excluding tert-OH is 4. The predicted molar refractivity (Wildman–Crippen MR) is 162 cm³/mol. The fourth-order valence-corrected chi connectivity index (χ4v) is 11.2. The van der Waals surface area contributed by atoms with Crippen LogP contribution in [0.4, 0.5) is 0 Å². The Bertz CT molecular complexity index is 1090. The Morgan fingerprint density at radius 2 is 1.60 bits per heavy atom. The molecule has 5 aliphatic carbocycles. The summed E-state index contributed by atoms with van der Waals surface area (Å²) in [6.07, 6.45) is 5.71. The van der Waals surface area contributed by atoms with Crippen LogP contribution in [0.2, 0.25) is 0 Å². The molecule has 6 nitrogen and oxygen atoms in total. The van der Waals surface area contributed by atoms with Crippen molar-refractivity contribution < 1.29 is 30.0 Å². The standard InChI is InChI=1S/C32H52O6S2/c1-26(2)12-14-32(25(37)38-31(7,39)40)15-13-29(5)18(22(32)24(26)36)8-9-21-27(3)16-19(34)23(35)28(4,17-33)20(27)10-11-30(21,29)6/h8,19-24,33-36,39-40H,9-17H2,1-7H3. The van der Waals surface area contributed by atoms with E-state index >= 15 is 0 Å². The van der Waals surface area contributed by atoms with E-state index < -0.39 is 33.4 Å². The molecule has 0 saturated heterocycles. The highest BCUT2D eigenvalue weighted by Gasteiger charge is 2.71. The number of rotatable bonds is 3. The Labute approximate surface area is 251 Å². The first-order chi connectivity index (χ1) is 18.2. The van der Waals surface area contributed by atoms with Crippen LogP contribution < -0.4 is 0 Å². The third kappa shape index (κ3) is 4.01. The summed E-state index contributed by atoms with van der Waals surface area (Å²) in [7, 11) is 0. The van der Waals surface area contributed by atoms with Gasteiger partial charge in [0.05, 0.1) is 30.3 Å². The molecule has 0 amide bonds. The molecule has 11 unspecified atom stereocenters. The van der Waals surface area contributed by atoms with Crippen molar-refractivity contribution in [1.82, 2.24) is 0 Å².